The fourth-order valence-corrected chi connectivity index (χ4v) is 10.6. The molecule has 6 rings (SSSR count). The van der Waals surface area contributed by atoms with Crippen molar-refractivity contribution < 1.29 is 19.5 Å². The lowest BCUT2D eigenvalue weighted by Gasteiger charge is -2.43. The van der Waals surface area contributed by atoms with E-state index in [0.29, 0.717) is 6.54 Å². The third-order valence-corrected chi connectivity index (χ3v) is 12.4. The summed E-state index contributed by atoms with van der Waals surface area (Å²) in [7, 11) is 0. The van der Waals surface area contributed by atoms with Crippen molar-refractivity contribution in [3.05, 3.63) is 98.1 Å². The summed E-state index contributed by atoms with van der Waals surface area (Å²) < 4.78 is -0.825. The van der Waals surface area contributed by atoms with E-state index in [0.717, 1.165) is 28.6 Å². The van der Waals surface area contributed by atoms with Gasteiger partial charge in [0, 0.05) is 29.7 Å². The summed E-state index contributed by atoms with van der Waals surface area (Å²) in [5.74, 6) is -1.95. The molecule has 1 spiro atoms. The third-order valence-electron chi connectivity index (χ3n) is 10.3. The highest BCUT2D eigenvalue weighted by molar-refractivity contribution is 8.02. The smallest absolute Gasteiger partial charge is 0.251 e. The van der Waals surface area contributed by atoms with Crippen LogP contribution >= 0.6 is 11.8 Å². The maximum Gasteiger partial charge on any atom is 0.251 e. The van der Waals surface area contributed by atoms with Crippen molar-refractivity contribution in [2.24, 2.45) is 23.7 Å². The zero-order valence-electron chi connectivity index (χ0n) is 26.8. The average Bonchev–Trinajstić information content (AvgIpc) is 3.66. The van der Waals surface area contributed by atoms with E-state index in [9.17, 15) is 14.7 Å². The van der Waals surface area contributed by atoms with Gasteiger partial charge in [0.2, 0.25) is 11.8 Å². The van der Waals surface area contributed by atoms with Crippen molar-refractivity contribution >= 4 is 51.6 Å². The first-order valence-corrected chi connectivity index (χ1v) is 17.1. The fraction of sp³-hybridized carbons (Fsp3) is 0.395. The summed E-state index contributed by atoms with van der Waals surface area (Å²) in [5.41, 5.74) is 1.47. The number of hydrogen-bond acceptors (Lipinski definition) is 5. The van der Waals surface area contributed by atoms with Gasteiger partial charge in [0.05, 0.1) is 29.2 Å². The molecule has 0 saturated carbocycles. The molecule has 46 heavy (non-hydrogen) atoms. The molecule has 3 aromatic rings. The molecule has 0 aromatic heterocycles. The van der Waals surface area contributed by atoms with Gasteiger partial charge in [-0.1, -0.05) is 81.5 Å². The second-order valence-electron chi connectivity index (χ2n) is 13.1. The molecule has 240 valence electrons. The van der Waals surface area contributed by atoms with Crippen LogP contribution < -0.4 is 9.80 Å². The number of aliphatic hydroxyl groups excluding tert-OH is 1. The van der Waals surface area contributed by atoms with E-state index < -0.39 is 28.7 Å². The summed E-state index contributed by atoms with van der Waals surface area (Å²) in [5, 5.41) is 12.7. The monoisotopic (exact) mass is 637 g/mol. The molecule has 0 aliphatic carbocycles. The minimum absolute atomic E-state index is 0.00211. The highest BCUT2D eigenvalue weighted by Gasteiger charge is 2.77. The van der Waals surface area contributed by atoms with Crippen LogP contribution in [0.1, 0.15) is 27.2 Å². The minimum atomic E-state index is -0.858. The molecule has 3 aliphatic heterocycles. The number of carbonyl (C=O) groups is 3. The molecule has 3 fully saturated rings. The molecule has 7 nitrogen and oxygen atoms in total. The zero-order chi connectivity index (χ0) is 32.7. The fourth-order valence-electron chi connectivity index (χ4n) is 8.18. The standard InChI is InChI=1S/C38H43N3O4S/c1-6-19-39(28-15-9-8-10-16-28)35(43)32-31-21-25(5)38(46-31)33(32)36(44)41(30(23-42)24(3)4)34(38)37(45)40(20-7-2)29-18-17-26-13-11-12-14-27(26)22-29/h6-18,22,24-25,30-34,42H,1-2,19-21,23H2,3-5H3/t25?,30-,31-,32+,33-,34?,38?/m0/s1. The Kier molecular flexibility index (Phi) is 8.87. The molecule has 3 heterocycles. The molecule has 3 saturated heterocycles. The number of fused-ring (bicyclic) bond motifs is 2. The maximum absolute atomic E-state index is 15.2. The Balaban J connectivity index is 1.47. The number of para-hydroxylation sites is 1. The lowest BCUT2D eigenvalue weighted by Crippen LogP contribution is -2.60. The summed E-state index contributed by atoms with van der Waals surface area (Å²) in [4.78, 5) is 49.7. The Morgan fingerprint density at radius 2 is 1.59 bits per heavy atom. The molecule has 8 heteroatoms. The van der Waals surface area contributed by atoms with Gasteiger partial charge in [0.25, 0.3) is 5.91 Å². The second kappa shape index (κ2) is 12.7. The second-order valence-corrected chi connectivity index (χ2v) is 14.7. The van der Waals surface area contributed by atoms with Crippen molar-refractivity contribution in [1.82, 2.24) is 4.90 Å². The molecular weight excluding hydrogens is 595 g/mol. The first kappa shape index (κ1) is 32.1. The molecule has 3 unspecified atom stereocenters. The van der Waals surface area contributed by atoms with Crippen molar-refractivity contribution in [3.8, 4) is 0 Å². The van der Waals surface area contributed by atoms with E-state index >= 15 is 4.79 Å². The van der Waals surface area contributed by atoms with E-state index in [1.165, 1.54) is 0 Å². The zero-order valence-corrected chi connectivity index (χ0v) is 27.6. The first-order valence-electron chi connectivity index (χ1n) is 16.2. The molecule has 0 radical (unpaired) electrons. The molecule has 3 aromatic carbocycles. The number of nitrogens with zero attached hydrogens (tertiary/aromatic N) is 3. The number of aliphatic hydroxyl groups is 1. The van der Waals surface area contributed by atoms with Gasteiger partial charge in [0.1, 0.15) is 6.04 Å². The Hall–Kier alpha value is -3.88. The molecule has 3 amide bonds. The lowest BCUT2D eigenvalue weighted by molar-refractivity contribution is -0.142. The van der Waals surface area contributed by atoms with Gasteiger partial charge in [-0.3, -0.25) is 14.4 Å². The Labute approximate surface area is 275 Å². The van der Waals surface area contributed by atoms with Crippen LogP contribution in [0.4, 0.5) is 11.4 Å². The van der Waals surface area contributed by atoms with Gasteiger partial charge in [-0.2, -0.15) is 0 Å². The molecule has 1 N–H and O–H groups in total. The van der Waals surface area contributed by atoms with Gasteiger partial charge in [-0.15, -0.1) is 24.9 Å². The van der Waals surface area contributed by atoms with Crippen LogP contribution in [0.3, 0.4) is 0 Å². The summed E-state index contributed by atoms with van der Waals surface area (Å²) >= 11 is 1.65. The predicted octanol–water partition coefficient (Wildman–Crippen LogP) is 5.93. The number of benzene rings is 3. The van der Waals surface area contributed by atoms with Crippen LogP contribution in [0.15, 0.2) is 98.1 Å². The van der Waals surface area contributed by atoms with Gasteiger partial charge in [-0.05, 0) is 53.3 Å². The quantitative estimate of drug-likeness (QED) is 0.264. The number of likely N-dealkylation sites (tertiary alicyclic amines) is 1. The summed E-state index contributed by atoms with van der Waals surface area (Å²) in [6.07, 6.45) is 4.13. The lowest BCUT2D eigenvalue weighted by atomic mass is 9.65. The number of rotatable bonds is 11. The van der Waals surface area contributed by atoms with Crippen LogP contribution in [0.2, 0.25) is 0 Å². The highest BCUT2D eigenvalue weighted by Crippen LogP contribution is 2.69. The van der Waals surface area contributed by atoms with Crippen molar-refractivity contribution in [2.75, 3.05) is 29.5 Å². The van der Waals surface area contributed by atoms with Crippen LogP contribution in [0.25, 0.3) is 10.8 Å². The number of hydrogen-bond donors (Lipinski definition) is 1. The summed E-state index contributed by atoms with van der Waals surface area (Å²) in [6.45, 7) is 14.2. The highest BCUT2D eigenvalue weighted by atomic mass is 32.2. The number of thioether (sulfide) groups is 1. The number of anilines is 2. The largest absolute Gasteiger partial charge is 0.394 e. The Morgan fingerprint density at radius 1 is 0.957 bits per heavy atom. The SMILES string of the molecule is C=CCN(C(=O)C1N([C@@H](CO)C(C)C)C(=O)[C@@H]2[C@H](C(=O)N(CC=C)c3ccccc3)[C@@H]3CC(C)C12S3)c1ccc2ccccc2c1. The van der Waals surface area contributed by atoms with Crippen molar-refractivity contribution in [2.45, 2.75) is 49.3 Å². The van der Waals surface area contributed by atoms with E-state index in [2.05, 4.69) is 20.1 Å². The average molecular weight is 638 g/mol. The van der Waals surface area contributed by atoms with Gasteiger partial charge < -0.3 is 19.8 Å². The Bertz CT molecular complexity index is 1660. The normalized spacial score (nSPS) is 27.1. The molecule has 2 bridgehead atoms. The van der Waals surface area contributed by atoms with Crippen molar-refractivity contribution in [1.29, 1.82) is 0 Å². The number of amides is 3. The minimum Gasteiger partial charge on any atom is -0.394 e. The maximum atomic E-state index is 15.2. The van der Waals surface area contributed by atoms with Gasteiger partial charge >= 0.3 is 0 Å². The van der Waals surface area contributed by atoms with Crippen LogP contribution in [0.5, 0.6) is 0 Å². The van der Waals surface area contributed by atoms with E-state index in [4.69, 9.17) is 0 Å². The topological polar surface area (TPSA) is 81.2 Å². The molecule has 3 aliphatic rings. The van der Waals surface area contributed by atoms with Crippen LogP contribution in [-0.4, -0.2) is 69.5 Å². The van der Waals surface area contributed by atoms with Gasteiger partial charge in [0.15, 0.2) is 0 Å². The number of carbonyl (C=O) groups excluding carboxylic acids is 3. The van der Waals surface area contributed by atoms with Gasteiger partial charge in [-0.25, -0.2) is 0 Å². The van der Waals surface area contributed by atoms with E-state index in [1.54, 1.807) is 38.6 Å². The van der Waals surface area contributed by atoms with E-state index in [-0.39, 0.29) is 48.0 Å². The van der Waals surface area contributed by atoms with Crippen molar-refractivity contribution in [3.63, 3.8) is 0 Å². The third kappa shape index (κ3) is 4.97. The van der Waals surface area contributed by atoms with Crippen LogP contribution in [0, 0.1) is 23.7 Å². The summed E-state index contributed by atoms with van der Waals surface area (Å²) in [6, 6.07) is 22.0. The van der Waals surface area contributed by atoms with E-state index in [1.807, 2.05) is 86.6 Å². The van der Waals surface area contributed by atoms with Crippen LogP contribution in [-0.2, 0) is 14.4 Å². The molecular formula is C38H43N3O4S. The molecule has 7 atom stereocenters. The predicted molar refractivity (Wildman–Crippen MR) is 187 cm³/mol. The first-order chi connectivity index (χ1) is 22.2. The Morgan fingerprint density at radius 3 is 2.22 bits per heavy atom.